The van der Waals surface area contributed by atoms with Gasteiger partial charge in [-0.25, -0.2) is 0 Å². The number of nitrogens with two attached hydrogens (primary N) is 1. The summed E-state index contributed by atoms with van der Waals surface area (Å²) in [7, 11) is 0. The van der Waals surface area contributed by atoms with E-state index in [1.807, 2.05) is 0 Å². The Morgan fingerprint density at radius 1 is 1.32 bits per heavy atom. The SMILES string of the molecule is CC(N)CC(=O)NCc1ccc(OC(C)C)cc1C(F)(F)F. The number of benzene rings is 1. The topological polar surface area (TPSA) is 64.4 Å². The van der Waals surface area contributed by atoms with Crippen molar-refractivity contribution >= 4 is 5.91 Å². The summed E-state index contributed by atoms with van der Waals surface area (Å²) >= 11 is 0. The van der Waals surface area contributed by atoms with Crippen LogP contribution in [-0.4, -0.2) is 18.1 Å². The molecule has 1 atom stereocenters. The van der Waals surface area contributed by atoms with E-state index in [4.69, 9.17) is 10.5 Å². The highest BCUT2D eigenvalue weighted by Crippen LogP contribution is 2.34. The van der Waals surface area contributed by atoms with Crippen molar-refractivity contribution in [1.82, 2.24) is 5.32 Å². The first-order valence-corrected chi connectivity index (χ1v) is 6.98. The van der Waals surface area contributed by atoms with E-state index < -0.39 is 11.7 Å². The minimum Gasteiger partial charge on any atom is -0.491 e. The van der Waals surface area contributed by atoms with Crippen LogP contribution < -0.4 is 15.8 Å². The van der Waals surface area contributed by atoms with Crippen molar-refractivity contribution in [3.8, 4) is 5.75 Å². The van der Waals surface area contributed by atoms with Crippen molar-refractivity contribution in [2.45, 2.75) is 52.1 Å². The summed E-state index contributed by atoms with van der Waals surface area (Å²) in [6.07, 6.45) is -4.68. The van der Waals surface area contributed by atoms with Crippen molar-refractivity contribution in [2.24, 2.45) is 5.73 Å². The van der Waals surface area contributed by atoms with Crippen LogP contribution in [0.15, 0.2) is 18.2 Å². The summed E-state index contributed by atoms with van der Waals surface area (Å²) in [5.41, 5.74) is 4.64. The van der Waals surface area contributed by atoms with Gasteiger partial charge in [-0.05, 0) is 38.5 Å². The van der Waals surface area contributed by atoms with Crippen molar-refractivity contribution in [3.05, 3.63) is 29.3 Å². The van der Waals surface area contributed by atoms with E-state index in [2.05, 4.69) is 5.32 Å². The lowest BCUT2D eigenvalue weighted by Gasteiger charge is -2.17. The van der Waals surface area contributed by atoms with Gasteiger partial charge in [0, 0.05) is 19.0 Å². The third kappa shape index (κ3) is 5.93. The van der Waals surface area contributed by atoms with Gasteiger partial charge in [-0.3, -0.25) is 4.79 Å². The number of alkyl halides is 3. The zero-order chi connectivity index (χ0) is 16.9. The highest BCUT2D eigenvalue weighted by Gasteiger charge is 2.33. The Morgan fingerprint density at radius 2 is 1.95 bits per heavy atom. The summed E-state index contributed by atoms with van der Waals surface area (Å²) in [4.78, 5) is 11.5. The Labute approximate surface area is 127 Å². The van der Waals surface area contributed by atoms with Gasteiger partial charge >= 0.3 is 6.18 Å². The Bertz CT molecular complexity index is 514. The zero-order valence-corrected chi connectivity index (χ0v) is 12.8. The van der Waals surface area contributed by atoms with Gasteiger partial charge in [-0.1, -0.05) is 6.07 Å². The minimum absolute atomic E-state index is 0.0124. The van der Waals surface area contributed by atoms with E-state index >= 15 is 0 Å². The number of ether oxygens (including phenoxy) is 1. The molecule has 0 aromatic heterocycles. The maximum atomic E-state index is 13.1. The monoisotopic (exact) mass is 318 g/mol. The molecule has 0 aliphatic carbocycles. The molecule has 0 saturated heterocycles. The van der Waals surface area contributed by atoms with E-state index in [9.17, 15) is 18.0 Å². The third-order valence-corrected chi connectivity index (χ3v) is 2.74. The van der Waals surface area contributed by atoms with Gasteiger partial charge in [0.15, 0.2) is 0 Å². The summed E-state index contributed by atoms with van der Waals surface area (Å²) in [6.45, 7) is 4.91. The normalized spacial score (nSPS) is 13.1. The molecule has 0 aliphatic rings. The van der Waals surface area contributed by atoms with Gasteiger partial charge in [0.25, 0.3) is 0 Å². The summed E-state index contributed by atoms with van der Waals surface area (Å²) < 4.78 is 44.6. The maximum absolute atomic E-state index is 13.1. The smallest absolute Gasteiger partial charge is 0.416 e. The standard InChI is InChI=1S/C15H21F3N2O2/c1-9(2)22-12-5-4-11(13(7-12)15(16,17)18)8-20-14(21)6-10(3)19/h4-5,7,9-10H,6,8,19H2,1-3H3,(H,20,21). The average Bonchev–Trinajstić information content (AvgIpc) is 2.34. The first kappa shape index (κ1) is 18.3. The van der Waals surface area contributed by atoms with Crippen LogP contribution in [-0.2, 0) is 17.5 Å². The Balaban J connectivity index is 2.91. The van der Waals surface area contributed by atoms with Crippen molar-refractivity contribution in [1.29, 1.82) is 0 Å². The molecule has 0 bridgehead atoms. The van der Waals surface area contributed by atoms with Crippen LogP contribution in [0, 0.1) is 0 Å². The van der Waals surface area contributed by atoms with Crippen LogP contribution in [0.5, 0.6) is 5.75 Å². The molecule has 4 nitrogen and oxygen atoms in total. The lowest BCUT2D eigenvalue weighted by molar-refractivity contribution is -0.138. The third-order valence-electron chi connectivity index (χ3n) is 2.74. The molecule has 0 spiro atoms. The van der Waals surface area contributed by atoms with Crippen molar-refractivity contribution in [3.63, 3.8) is 0 Å². The second-order valence-corrected chi connectivity index (χ2v) is 5.44. The molecule has 1 aromatic carbocycles. The molecule has 0 fully saturated rings. The van der Waals surface area contributed by atoms with E-state index in [-0.39, 0.29) is 42.3 Å². The predicted molar refractivity (Wildman–Crippen MR) is 77.3 cm³/mol. The summed E-state index contributed by atoms with van der Waals surface area (Å²) in [6, 6.07) is 3.38. The fraction of sp³-hybridized carbons (Fsp3) is 0.533. The zero-order valence-electron chi connectivity index (χ0n) is 12.8. The van der Waals surface area contributed by atoms with Gasteiger partial charge < -0.3 is 15.8 Å². The molecule has 3 N–H and O–H groups in total. The van der Waals surface area contributed by atoms with Crippen LogP contribution in [0.25, 0.3) is 0 Å². The van der Waals surface area contributed by atoms with E-state index in [1.54, 1.807) is 20.8 Å². The molecular formula is C15H21F3N2O2. The molecule has 124 valence electrons. The minimum atomic E-state index is -4.52. The molecule has 0 aliphatic heterocycles. The van der Waals surface area contributed by atoms with Crippen molar-refractivity contribution < 1.29 is 22.7 Å². The second kappa shape index (κ2) is 7.49. The molecule has 7 heteroatoms. The van der Waals surface area contributed by atoms with Crippen LogP contribution in [0.3, 0.4) is 0 Å². The molecule has 0 heterocycles. The highest BCUT2D eigenvalue weighted by atomic mass is 19.4. The molecular weight excluding hydrogens is 297 g/mol. The van der Waals surface area contributed by atoms with Gasteiger partial charge in [-0.2, -0.15) is 13.2 Å². The van der Waals surface area contributed by atoms with Crippen LogP contribution in [0.1, 0.15) is 38.3 Å². The molecule has 1 aromatic rings. The number of halogens is 3. The number of hydrogen-bond donors (Lipinski definition) is 2. The number of hydrogen-bond acceptors (Lipinski definition) is 3. The number of carbonyl (C=O) groups excluding carboxylic acids is 1. The number of carbonyl (C=O) groups is 1. The molecule has 0 saturated carbocycles. The van der Waals surface area contributed by atoms with Gasteiger partial charge in [0.1, 0.15) is 5.75 Å². The Hall–Kier alpha value is -1.76. The van der Waals surface area contributed by atoms with E-state index in [1.165, 1.54) is 12.1 Å². The Morgan fingerprint density at radius 3 is 2.45 bits per heavy atom. The summed E-state index contributed by atoms with van der Waals surface area (Å²) in [5, 5.41) is 2.44. The maximum Gasteiger partial charge on any atom is 0.416 e. The number of rotatable bonds is 6. The first-order valence-electron chi connectivity index (χ1n) is 6.98. The van der Waals surface area contributed by atoms with Crippen molar-refractivity contribution in [2.75, 3.05) is 0 Å². The van der Waals surface area contributed by atoms with E-state index in [0.717, 1.165) is 6.07 Å². The van der Waals surface area contributed by atoms with Crippen LogP contribution in [0.4, 0.5) is 13.2 Å². The lowest BCUT2D eigenvalue weighted by atomic mass is 10.1. The largest absolute Gasteiger partial charge is 0.491 e. The summed E-state index contributed by atoms with van der Waals surface area (Å²) in [5.74, 6) is -0.237. The Kier molecular flexibility index (Phi) is 6.22. The lowest BCUT2D eigenvalue weighted by Crippen LogP contribution is -2.30. The molecule has 22 heavy (non-hydrogen) atoms. The highest BCUT2D eigenvalue weighted by molar-refractivity contribution is 5.76. The molecule has 0 radical (unpaired) electrons. The predicted octanol–water partition coefficient (Wildman–Crippen LogP) is 2.85. The van der Waals surface area contributed by atoms with Gasteiger partial charge in [-0.15, -0.1) is 0 Å². The van der Waals surface area contributed by atoms with E-state index in [0.29, 0.717) is 0 Å². The number of amides is 1. The van der Waals surface area contributed by atoms with Gasteiger partial charge in [0.05, 0.1) is 11.7 Å². The quantitative estimate of drug-likeness (QED) is 0.848. The van der Waals surface area contributed by atoms with Crippen LogP contribution in [0.2, 0.25) is 0 Å². The van der Waals surface area contributed by atoms with Gasteiger partial charge in [0.2, 0.25) is 5.91 Å². The molecule has 1 rings (SSSR count). The molecule has 1 unspecified atom stereocenters. The van der Waals surface area contributed by atoms with Crippen LogP contribution >= 0.6 is 0 Å². The molecule has 1 amide bonds. The second-order valence-electron chi connectivity index (χ2n) is 5.44. The fourth-order valence-electron chi connectivity index (χ4n) is 1.88. The first-order chi connectivity index (χ1) is 10.1. The fourth-order valence-corrected chi connectivity index (χ4v) is 1.88. The number of nitrogens with one attached hydrogen (secondary N) is 1. The average molecular weight is 318 g/mol.